The van der Waals surface area contributed by atoms with Gasteiger partial charge >= 0.3 is 0 Å². The molecular formula is C17H20N2O2S. The maximum atomic E-state index is 11.7. The molecule has 5 heteroatoms. The van der Waals surface area contributed by atoms with Crippen LogP contribution in [-0.4, -0.2) is 34.4 Å². The Hall–Kier alpha value is -1.85. The van der Waals surface area contributed by atoms with Crippen molar-refractivity contribution in [2.24, 2.45) is 0 Å². The third kappa shape index (κ3) is 6.28. The van der Waals surface area contributed by atoms with Crippen LogP contribution in [0.15, 0.2) is 54.9 Å². The lowest BCUT2D eigenvalue weighted by Gasteiger charge is -2.12. The summed E-state index contributed by atoms with van der Waals surface area (Å²) >= 11 is 1.55. The number of aliphatic hydroxyl groups excluding tert-OH is 1. The van der Waals surface area contributed by atoms with Gasteiger partial charge in [0.05, 0.1) is 11.9 Å². The minimum Gasteiger partial charge on any atom is -0.391 e. The zero-order chi connectivity index (χ0) is 15.6. The normalized spacial score (nSPS) is 11.9. The number of aliphatic hydroxyl groups is 1. The molecule has 2 N–H and O–H groups in total. The fourth-order valence-electron chi connectivity index (χ4n) is 1.98. The number of carbonyl (C=O) groups excluding carboxylic acids is 1. The fourth-order valence-corrected chi connectivity index (χ4v) is 2.80. The van der Waals surface area contributed by atoms with Gasteiger partial charge in [-0.25, -0.2) is 0 Å². The van der Waals surface area contributed by atoms with E-state index in [2.05, 4.69) is 10.3 Å². The third-order valence-corrected chi connectivity index (χ3v) is 4.10. The smallest absolute Gasteiger partial charge is 0.230 e. The van der Waals surface area contributed by atoms with Crippen molar-refractivity contribution in [2.45, 2.75) is 18.3 Å². The van der Waals surface area contributed by atoms with E-state index in [4.69, 9.17) is 0 Å². The van der Waals surface area contributed by atoms with Crippen molar-refractivity contribution in [3.63, 3.8) is 0 Å². The highest BCUT2D eigenvalue weighted by atomic mass is 32.2. The summed E-state index contributed by atoms with van der Waals surface area (Å²) in [5, 5.41) is 12.7. The lowest BCUT2D eigenvalue weighted by atomic mass is 10.1. The van der Waals surface area contributed by atoms with Gasteiger partial charge in [0.2, 0.25) is 5.91 Å². The van der Waals surface area contributed by atoms with Crippen LogP contribution >= 0.6 is 11.8 Å². The summed E-state index contributed by atoms with van der Waals surface area (Å²) in [5.74, 6) is 1.12. The molecule has 2 rings (SSSR count). The molecule has 4 nitrogen and oxygen atoms in total. The Kier molecular flexibility index (Phi) is 6.93. The van der Waals surface area contributed by atoms with Crippen LogP contribution in [0, 0.1) is 0 Å². The Morgan fingerprint density at radius 2 is 1.86 bits per heavy atom. The number of benzene rings is 1. The Balaban J connectivity index is 1.61. The highest BCUT2D eigenvalue weighted by Gasteiger charge is 2.08. The minimum absolute atomic E-state index is 0.0498. The molecule has 0 fully saturated rings. The molecule has 0 aliphatic rings. The van der Waals surface area contributed by atoms with Crippen molar-refractivity contribution in [2.75, 3.05) is 12.3 Å². The molecule has 1 unspecified atom stereocenters. The van der Waals surface area contributed by atoms with Crippen molar-refractivity contribution in [3.8, 4) is 0 Å². The van der Waals surface area contributed by atoms with E-state index in [-0.39, 0.29) is 12.5 Å². The number of aromatic nitrogens is 1. The van der Waals surface area contributed by atoms with Gasteiger partial charge in [-0.05, 0) is 23.3 Å². The average Bonchev–Trinajstić information content (AvgIpc) is 2.55. The summed E-state index contributed by atoms with van der Waals surface area (Å²) in [4.78, 5) is 15.7. The van der Waals surface area contributed by atoms with E-state index in [1.807, 2.05) is 42.5 Å². The van der Waals surface area contributed by atoms with E-state index >= 15 is 0 Å². The highest BCUT2D eigenvalue weighted by Crippen LogP contribution is 2.10. The zero-order valence-electron chi connectivity index (χ0n) is 12.3. The number of amides is 1. The van der Waals surface area contributed by atoms with Crippen LogP contribution in [0.1, 0.15) is 11.1 Å². The highest BCUT2D eigenvalue weighted by molar-refractivity contribution is 7.99. The van der Waals surface area contributed by atoms with Gasteiger partial charge in [0.1, 0.15) is 0 Å². The molecule has 0 aliphatic carbocycles. The van der Waals surface area contributed by atoms with Crippen LogP contribution in [-0.2, 0) is 17.0 Å². The topological polar surface area (TPSA) is 62.2 Å². The van der Waals surface area contributed by atoms with Gasteiger partial charge in [-0.3, -0.25) is 9.78 Å². The fraction of sp³-hybridized carbons (Fsp3) is 0.294. The summed E-state index contributed by atoms with van der Waals surface area (Å²) in [6, 6.07) is 13.6. The molecule has 1 heterocycles. The number of nitrogens with zero attached hydrogens (tertiary/aromatic N) is 1. The van der Waals surface area contributed by atoms with E-state index in [9.17, 15) is 9.90 Å². The second-order valence-electron chi connectivity index (χ2n) is 5.00. The van der Waals surface area contributed by atoms with Crippen LogP contribution in [0.5, 0.6) is 0 Å². The second-order valence-corrected chi connectivity index (χ2v) is 5.98. The van der Waals surface area contributed by atoms with E-state index < -0.39 is 6.10 Å². The van der Waals surface area contributed by atoms with E-state index in [0.717, 1.165) is 16.9 Å². The molecule has 116 valence electrons. The number of nitrogens with one attached hydrogen (secondary N) is 1. The van der Waals surface area contributed by atoms with Crippen molar-refractivity contribution in [1.29, 1.82) is 0 Å². The van der Waals surface area contributed by atoms with Crippen LogP contribution in [0.25, 0.3) is 0 Å². The molecule has 0 bridgehead atoms. The van der Waals surface area contributed by atoms with Crippen molar-refractivity contribution >= 4 is 17.7 Å². The van der Waals surface area contributed by atoms with Crippen LogP contribution < -0.4 is 5.32 Å². The number of carbonyl (C=O) groups is 1. The van der Waals surface area contributed by atoms with E-state index in [1.165, 1.54) is 0 Å². The molecule has 1 aromatic carbocycles. The molecule has 1 amide bonds. The number of hydrogen-bond acceptors (Lipinski definition) is 4. The Bertz CT molecular complexity index is 563. The molecule has 0 radical (unpaired) electrons. The van der Waals surface area contributed by atoms with Crippen molar-refractivity contribution in [3.05, 3.63) is 66.0 Å². The first-order valence-electron chi connectivity index (χ1n) is 7.19. The molecule has 2 aromatic rings. The lowest BCUT2D eigenvalue weighted by Crippen LogP contribution is -2.34. The molecule has 0 aliphatic heterocycles. The third-order valence-electron chi connectivity index (χ3n) is 3.10. The van der Waals surface area contributed by atoms with Gasteiger partial charge in [-0.2, -0.15) is 0 Å². The molecular weight excluding hydrogens is 296 g/mol. The molecule has 1 atom stereocenters. The molecule has 22 heavy (non-hydrogen) atoms. The van der Waals surface area contributed by atoms with Crippen molar-refractivity contribution < 1.29 is 9.90 Å². The molecule has 1 aromatic heterocycles. The first-order valence-corrected chi connectivity index (χ1v) is 8.35. The van der Waals surface area contributed by atoms with Gasteiger partial charge in [0.15, 0.2) is 0 Å². The number of pyridine rings is 1. The maximum absolute atomic E-state index is 11.7. The average molecular weight is 316 g/mol. The zero-order valence-corrected chi connectivity index (χ0v) is 13.1. The maximum Gasteiger partial charge on any atom is 0.230 e. The molecule has 0 spiro atoms. The van der Waals surface area contributed by atoms with Gasteiger partial charge in [0.25, 0.3) is 0 Å². The lowest BCUT2D eigenvalue weighted by molar-refractivity contribution is -0.119. The summed E-state index contributed by atoms with van der Waals surface area (Å²) < 4.78 is 0. The van der Waals surface area contributed by atoms with Crippen LogP contribution in [0.2, 0.25) is 0 Å². The predicted molar refractivity (Wildman–Crippen MR) is 89.6 cm³/mol. The molecule has 0 saturated heterocycles. The largest absolute Gasteiger partial charge is 0.391 e. The van der Waals surface area contributed by atoms with Gasteiger partial charge < -0.3 is 10.4 Å². The van der Waals surface area contributed by atoms with E-state index in [1.54, 1.807) is 24.2 Å². The monoisotopic (exact) mass is 316 g/mol. The van der Waals surface area contributed by atoms with Gasteiger partial charge in [-0.1, -0.05) is 30.3 Å². The first-order chi connectivity index (χ1) is 10.7. The number of hydrogen-bond donors (Lipinski definition) is 2. The van der Waals surface area contributed by atoms with E-state index in [0.29, 0.717) is 12.2 Å². The standard InChI is InChI=1S/C17H20N2O2S/c20-16(10-14-4-2-1-3-5-14)11-19-17(21)13-22-12-15-6-8-18-9-7-15/h1-9,16,20H,10-13H2,(H,19,21). The Labute approximate surface area is 135 Å². The number of rotatable bonds is 8. The van der Waals surface area contributed by atoms with Gasteiger partial charge in [0, 0.05) is 31.1 Å². The summed E-state index contributed by atoms with van der Waals surface area (Å²) in [6.45, 7) is 0.281. The van der Waals surface area contributed by atoms with Crippen molar-refractivity contribution in [1.82, 2.24) is 10.3 Å². The van der Waals surface area contributed by atoms with Crippen LogP contribution in [0.4, 0.5) is 0 Å². The predicted octanol–water partition coefficient (Wildman–Crippen LogP) is 2.03. The first kappa shape index (κ1) is 16.5. The summed E-state index contributed by atoms with van der Waals surface area (Å²) in [7, 11) is 0. The second kappa shape index (κ2) is 9.23. The summed E-state index contributed by atoms with van der Waals surface area (Å²) in [5.41, 5.74) is 2.22. The molecule has 0 saturated carbocycles. The summed E-state index contributed by atoms with van der Waals surface area (Å²) in [6.07, 6.45) is 3.48. The number of thioether (sulfide) groups is 1. The van der Waals surface area contributed by atoms with Crippen LogP contribution in [0.3, 0.4) is 0 Å². The minimum atomic E-state index is -0.559. The quantitative estimate of drug-likeness (QED) is 0.782. The Morgan fingerprint density at radius 1 is 1.14 bits per heavy atom. The SMILES string of the molecule is O=C(CSCc1ccncc1)NCC(O)Cc1ccccc1. The van der Waals surface area contributed by atoms with Gasteiger partial charge in [-0.15, -0.1) is 11.8 Å². The Morgan fingerprint density at radius 3 is 2.59 bits per heavy atom.